The first-order chi connectivity index (χ1) is 22.5. The molecule has 232 valence electrons. The molecule has 0 bridgehead atoms. The number of hydrogen-bond acceptors (Lipinski definition) is 6. The van der Waals surface area contributed by atoms with E-state index in [1.165, 1.54) is 16.0 Å². The smallest absolute Gasteiger partial charge is 0.238 e. The van der Waals surface area contributed by atoms with E-state index in [0.29, 0.717) is 25.1 Å². The number of allylic oxidation sites excluding steroid dienone is 2. The molecule has 4 aromatic rings. The highest BCUT2D eigenvalue weighted by atomic mass is 16.5. The van der Waals surface area contributed by atoms with Crippen LogP contribution in [0.4, 0.5) is 17.1 Å². The van der Waals surface area contributed by atoms with Crippen LogP contribution < -0.4 is 10.2 Å². The third kappa shape index (κ3) is 5.74. The molecule has 1 aromatic heterocycles. The first kappa shape index (κ1) is 29.7. The minimum atomic E-state index is -0.414. The van der Waals surface area contributed by atoms with Gasteiger partial charge in [0, 0.05) is 23.5 Å². The number of rotatable bonds is 9. The molecule has 7 heteroatoms. The summed E-state index contributed by atoms with van der Waals surface area (Å²) in [7, 11) is 0. The van der Waals surface area contributed by atoms with Gasteiger partial charge in [-0.1, -0.05) is 48.9 Å². The largest absolute Gasteiger partial charge is 0.508 e. The van der Waals surface area contributed by atoms with Gasteiger partial charge in [-0.3, -0.25) is 19.5 Å². The van der Waals surface area contributed by atoms with Crippen molar-refractivity contribution in [1.82, 2.24) is 4.98 Å². The van der Waals surface area contributed by atoms with Crippen molar-refractivity contribution in [1.29, 1.82) is 0 Å². The van der Waals surface area contributed by atoms with Crippen molar-refractivity contribution in [3.8, 4) is 5.75 Å². The van der Waals surface area contributed by atoms with Gasteiger partial charge >= 0.3 is 0 Å². The molecule has 7 rings (SSSR count). The molecule has 7 nitrogen and oxygen atoms in total. The fraction of sp³-hybridized carbons (Fsp3) is 0.256. The zero-order valence-corrected chi connectivity index (χ0v) is 25.8. The maximum Gasteiger partial charge on any atom is 0.238 e. The van der Waals surface area contributed by atoms with Crippen LogP contribution in [0.5, 0.6) is 5.75 Å². The monoisotopic (exact) mass is 611 g/mol. The number of carbonyl (C=O) groups is 2. The second-order valence-electron chi connectivity index (χ2n) is 12.2. The Morgan fingerprint density at radius 1 is 0.935 bits per heavy atom. The molecule has 0 unspecified atom stereocenters. The van der Waals surface area contributed by atoms with Crippen molar-refractivity contribution in [2.75, 3.05) is 16.8 Å². The van der Waals surface area contributed by atoms with Gasteiger partial charge in [0.25, 0.3) is 0 Å². The number of amides is 2. The van der Waals surface area contributed by atoms with E-state index in [0.717, 1.165) is 41.0 Å². The minimum Gasteiger partial charge on any atom is -0.508 e. The van der Waals surface area contributed by atoms with E-state index in [-0.39, 0.29) is 35.5 Å². The Kier molecular flexibility index (Phi) is 8.24. The van der Waals surface area contributed by atoms with Crippen LogP contribution in [0, 0.1) is 17.8 Å². The number of phenols is 1. The summed E-state index contributed by atoms with van der Waals surface area (Å²) in [5, 5.41) is 13.4. The number of anilines is 3. The van der Waals surface area contributed by atoms with E-state index >= 15 is 0 Å². The Morgan fingerprint density at radius 2 is 1.72 bits per heavy atom. The SMILES string of the molecule is CCC1=C2[C@@H](CC/C(=C/c3cccc(O)c3)c3ccccn3)OC[C@@H]2[C@@H]2C(=O)N(c3ccc(Nc4ccccc4)cc3)C(=O)[C@@H]2C1. The van der Waals surface area contributed by atoms with Gasteiger partial charge in [-0.2, -0.15) is 0 Å². The molecule has 0 radical (unpaired) electrons. The fourth-order valence-electron chi connectivity index (χ4n) is 7.38. The Labute approximate surface area is 269 Å². The van der Waals surface area contributed by atoms with Gasteiger partial charge in [-0.05, 0) is 109 Å². The number of nitrogens with zero attached hydrogens (tertiary/aromatic N) is 2. The topological polar surface area (TPSA) is 91.8 Å². The first-order valence-electron chi connectivity index (χ1n) is 16.0. The molecule has 3 aromatic carbocycles. The Balaban J connectivity index is 1.10. The molecule has 2 fully saturated rings. The summed E-state index contributed by atoms with van der Waals surface area (Å²) in [6.45, 7) is 2.57. The zero-order chi connectivity index (χ0) is 31.6. The van der Waals surface area contributed by atoms with Crippen LogP contribution in [0.3, 0.4) is 0 Å². The van der Waals surface area contributed by atoms with Crippen LogP contribution in [0.25, 0.3) is 11.6 Å². The van der Waals surface area contributed by atoms with Gasteiger partial charge in [0.1, 0.15) is 5.75 Å². The van der Waals surface area contributed by atoms with Gasteiger partial charge in [0.15, 0.2) is 0 Å². The van der Waals surface area contributed by atoms with Crippen LogP contribution in [0.15, 0.2) is 114 Å². The number of nitrogens with one attached hydrogen (secondary N) is 1. The number of imide groups is 1. The lowest BCUT2D eigenvalue weighted by atomic mass is 9.69. The number of pyridine rings is 1. The van der Waals surface area contributed by atoms with Crippen molar-refractivity contribution >= 4 is 40.5 Å². The number of benzene rings is 3. The maximum atomic E-state index is 14.0. The summed E-state index contributed by atoms with van der Waals surface area (Å²) in [6.07, 6.45) is 6.58. The first-order valence-corrected chi connectivity index (χ1v) is 16.0. The number of hydrogen-bond donors (Lipinski definition) is 2. The van der Waals surface area contributed by atoms with E-state index < -0.39 is 5.92 Å². The average Bonchev–Trinajstić information content (AvgIpc) is 3.61. The van der Waals surface area contributed by atoms with E-state index in [1.807, 2.05) is 84.9 Å². The summed E-state index contributed by atoms with van der Waals surface area (Å²) in [5.41, 5.74) is 7.76. The molecule has 2 saturated heterocycles. The van der Waals surface area contributed by atoms with E-state index in [1.54, 1.807) is 18.3 Å². The molecule has 3 aliphatic rings. The Bertz CT molecular complexity index is 1800. The quantitative estimate of drug-likeness (QED) is 0.148. The second-order valence-corrected chi connectivity index (χ2v) is 12.2. The highest BCUT2D eigenvalue weighted by molar-refractivity contribution is 6.22. The molecule has 2 amide bonds. The number of fused-ring (bicyclic) bond motifs is 3. The third-order valence-electron chi connectivity index (χ3n) is 9.50. The molecule has 0 spiro atoms. The number of phenolic OH excluding ortho intramolecular Hbond substituents is 1. The highest BCUT2D eigenvalue weighted by Crippen LogP contribution is 2.51. The van der Waals surface area contributed by atoms with Crippen molar-refractivity contribution in [3.63, 3.8) is 0 Å². The molecular weight excluding hydrogens is 574 g/mol. The van der Waals surface area contributed by atoms with Gasteiger partial charge in [0.2, 0.25) is 11.8 Å². The van der Waals surface area contributed by atoms with Crippen molar-refractivity contribution in [2.24, 2.45) is 17.8 Å². The van der Waals surface area contributed by atoms with Gasteiger partial charge in [-0.25, -0.2) is 0 Å². The summed E-state index contributed by atoms with van der Waals surface area (Å²) in [5.74, 6) is -0.904. The third-order valence-corrected chi connectivity index (χ3v) is 9.50. The van der Waals surface area contributed by atoms with Crippen LogP contribution in [-0.2, 0) is 14.3 Å². The standard InChI is InChI=1S/C39H37N3O4/c1-2-26-23-32-37(39(45)42(38(32)44)30-17-15-29(16-18-30)41-28-10-4-3-5-11-28)33-24-46-35(36(26)33)19-14-27(34-13-6-7-20-40-34)21-25-9-8-12-31(43)22-25/h3-13,15-18,20-22,32-33,35,37,41,43H,2,14,19,23-24H2,1H3/b27-21-/t32-,33+,35-,37-/m1/s1. The molecule has 3 heterocycles. The molecular formula is C39H37N3O4. The lowest BCUT2D eigenvalue weighted by molar-refractivity contribution is -0.122. The Hall–Kier alpha value is -5.01. The average molecular weight is 612 g/mol. The molecule has 1 aliphatic carbocycles. The normalized spacial score (nSPS) is 22.6. The summed E-state index contributed by atoms with van der Waals surface area (Å²) in [4.78, 5) is 33.9. The van der Waals surface area contributed by atoms with Gasteiger partial charge < -0.3 is 15.2 Å². The molecule has 4 atom stereocenters. The maximum absolute atomic E-state index is 14.0. The van der Waals surface area contributed by atoms with Crippen LogP contribution in [0.1, 0.15) is 43.9 Å². The van der Waals surface area contributed by atoms with Crippen LogP contribution >= 0.6 is 0 Å². The number of aromatic hydroxyl groups is 1. The number of para-hydroxylation sites is 1. The van der Waals surface area contributed by atoms with Crippen LogP contribution in [-0.4, -0.2) is 34.6 Å². The van der Waals surface area contributed by atoms with E-state index in [2.05, 4.69) is 23.3 Å². The summed E-state index contributed by atoms with van der Waals surface area (Å²) >= 11 is 0. The van der Waals surface area contributed by atoms with Gasteiger partial charge in [0.05, 0.1) is 35.9 Å². The zero-order valence-electron chi connectivity index (χ0n) is 25.8. The second kappa shape index (κ2) is 12.8. The number of carbonyl (C=O) groups excluding carboxylic acids is 2. The van der Waals surface area contributed by atoms with E-state index in [9.17, 15) is 14.7 Å². The number of aromatic nitrogens is 1. The highest BCUT2D eigenvalue weighted by Gasteiger charge is 2.57. The van der Waals surface area contributed by atoms with Crippen molar-refractivity contribution < 1.29 is 19.4 Å². The summed E-state index contributed by atoms with van der Waals surface area (Å²) < 4.78 is 6.46. The number of ether oxygens (including phenoxy) is 1. The van der Waals surface area contributed by atoms with Gasteiger partial charge in [-0.15, -0.1) is 0 Å². The van der Waals surface area contributed by atoms with Crippen molar-refractivity contribution in [2.45, 2.75) is 38.7 Å². The lowest BCUT2D eigenvalue weighted by Gasteiger charge is -2.31. The molecule has 2 N–H and O–H groups in total. The van der Waals surface area contributed by atoms with Crippen molar-refractivity contribution in [3.05, 3.63) is 126 Å². The Morgan fingerprint density at radius 3 is 2.46 bits per heavy atom. The van der Waals surface area contributed by atoms with Crippen LogP contribution in [0.2, 0.25) is 0 Å². The molecule has 46 heavy (non-hydrogen) atoms. The molecule has 0 saturated carbocycles. The lowest BCUT2D eigenvalue weighted by Crippen LogP contribution is -2.34. The molecule has 2 aliphatic heterocycles. The fourth-order valence-corrected chi connectivity index (χ4v) is 7.38. The summed E-state index contributed by atoms with van der Waals surface area (Å²) in [6, 6.07) is 30.5. The van der Waals surface area contributed by atoms with E-state index in [4.69, 9.17) is 4.74 Å². The predicted octanol–water partition coefficient (Wildman–Crippen LogP) is 7.78. The minimum absolute atomic E-state index is 0.104. The predicted molar refractivity (Wildman–Crippen MR) is 180 cm³/mol.